The minimum Gasteiger partial charge on any atom is -0.397 e. The fourth-order valence-corrected chi connectivity index (χ4v) is 3.42. The van der Waals surface area contributed by atoms with Gasteiger partial charge in [0, 0.05) is 17.4 Å². The predicted molar refractivity (Wildman–Crippen MR) is 98.9 cm³/mol. The molecule has 0 spiro atoms. The third-order valence-corrected chi connectivity index (χ3v) is 5.16. The summed E-state index contributed by atoms with van der Waals surface area (Å²) in [5, 5.41) is 23.1. The van der Waals surface area contributed by atoms with Crippen LogP contribution in [0.4, 0.5) is 21.7 Å². The molecule has 0 fully saturated rings. The molecule has 0 bridgehead atoms. The van der Waals surface area contributed by atoms with Gasteiger partial charge in [-0.3, -0.25) is 5.32 Å². The number of nitrogens with two attached hydrogens (primary N) is 2. The summed E-state index contributed by atoms with van der Waals surface area (Å²) < 4.78 is 38.4. The van der Waals surface area contributed by atoms with Gasteiger partial charge in [-0.1, -0.05) is 0 Å². The summed E-state index contributed by atoms with van der Waals surface area (Å²) in [7, 11) is -3.63. The number of benzene rings is 1. The van der Waals surface area contributed by atoms with Gasteiger partial charge in [-0.25, -0.2) is 22.8 Å². The highest BCUT2D eigenvalue weighted by molar-refractivity contribution is 7.90. The Morgan fingerprint density at radius 1 is 1.32 bits per heavy atom. The van der Waals surface area contributed by atoms with Crippen LogP contribution in [0.5, 0.6) is 0 Å². The molecule has 2 aromatic rings. The van der Waals surface area contributed by atoms with Gasteiger partial charge >= 0.3 is 0 Å². The molecular formula is C16H13FN8O2S. The summed E-state index contributed by atoms with van der Waals surface area (Å²) in [5.41, 5.74) is 11.6. The molecule has 2 heterocycles. The first-order chi connectivity index (χ1) is 13.2. The maximum absolute atomic E-state index is 14.6. The topological polar surface area (TPSA) is 183 Å². The first-order valence-electron chi connectivity index (χ1n) is 7.65. The van der Waals surface area contributed by atoms with Crippen molar-refractivity contribution in [2.45, 2.75) is 10.9 Å². The molecule has 1 aromatic heterocycles. The number of aromatic nitrogens is 1. The Labute approximate surface area is 159 Å². The zero-order valence-corrected chi connectivity index (χ0v) is 15.2. The van der Waals surface area contributed by atoms with E-state index in [9.17, 15) is 18.1 Å². The number of nitrogen functional groups attached to an aromatic ring is 2. The van der Waals surface area contributed by atoms with Crippen molar-refractivity contribution in [3.8, 4) is 12.3 Å². The van der Waals surface area contributed by atoms with Crippen LogP contribution in [0.15, 0.2) is 28.1 Å². The molecule has 10 nitrogen and oxygen atoms in total. The molecule has 6 N–H and O–H groups in total. The first-order valence-corrected chi connectivity index (χ1v) is 9.55. The SMILES string of the molecule is CS(=O)(=O)c1ccc(F)c(C2N=C(NC#N)Nc3nc(N)c(C#N)c(N)c32)c1. The quantitative estimate of drug-likeness (QED) is 0.318. The highest BCUT2D eigenvalue weighted by Gasteiger charge is 2.31. The lowest BCUT2D eigenvalue weighted by atomic mass is 9.95. The molecule has 1 aliphatic rings. The fraction of sp³-hybridized carbons (Fsp3) is 0.125. The van der Waals surface area contributed by atoms with Gasteiger partial charge in [0.1, 0.15) is 35.1 Å². The van der Waals surface area contributed by atoms with Crippen molar-refractivity contribution in [3.63, 3.8) is 0 Å². The molecule has 12 heteroatoms. The third-order valence-electron chi connectivity index (χ3n) is 4.05. The van der Waals surface area contributed by atoms with E-state index in [0.717, 1.165) is 24.5 Å². The van der Waals surface area contributed by atoms with Gasteiger partial charge in [0.2, 0.25) is 5.96 Å². The Kier molecular flexibility index (Phi) is 4.50. The summed E-state index contributed by atoms with van der Waals surface area (Å²) in [6, 6.07) is 3.90. The van der Waals surface area contributed by atoms with Gasteiger partial charge in [-0.2, -0.15) is 10.5 Å². The number of nitrogens with one attached hydrogen (secondary N) is 2. The summed E-state index contributed by atoms with van der Waals surface area (Å²) >= 11 is 0. The van der Waals surface area contributed by atoms with E-state index in [0.29, 0.717) is 0 Å². The highest BCUT2D eigenvalue weighted by atomic mass is 32.2. The van der Waals surface area contributed by atoms with Crippen LogP contribution in [0.1, 0.15) is 22.7 Å². The van der Waals surface area contributed by atoms with Gasteiger partial charge in [-0.15, -0.1) is 0 Å². The Morgan fingerprint density at radius 2 is 2.04 bits per heavy atom. The second-order valence-corrected chi connectivity index (χ2v) is 7.87. The molecule has 1 aliphatic heterocycles. The fourth-order valence-electron chi connectivity index (χ4n) is 2.77. The van der Waals surface area contributed by atoms with Crippen LogP contribution < -0.4 is 22.1 Å². The minimum absolute atomic E-state index is 0.0657. The molecule has 0 aliphatic carbocycles. The number of aliphatic imine (C=N–C) groups is 1. The van der Waals surface area contributed by atoms with Crippen LogP contribution in [0.25, 0.3) is 0 Å². The largest absolute Gasteiger partial charge is 0.397 e. The van der Waals surface area contributed by atoms with E-state index in [1.54, 1.807) is 6.19 Å². The number of nitriles is 2. The van der Waals surface area contributed by atoms with E-state index >= 15 is 0 Å². The van der Waals surface area contributed by atoms with Crippen molar-refractivity contribution in [2.75, 3.05) is 23.0 Å². The van der Waals surface area contributed by atoms with E-state index < -0.39 is 21.7 Å². The standard InChI is InChI=1S/C16H13FN8O2S/c1-28(26,27)7-2-3-10(17)8(4-7)13-11-12(20)9(5-18)14(21)24-15(11)25-16(23-13)22-6-19/h2-4,13H,1H3,(H6,20,21,22,23,24,25). The lowest BCUT2D eigenvalue weighted by Gasteiger charge is -2.26. The molecule has 0 radical (unpaired) electrons. The van der Waals surface area contributed by atoms with Gasteiger partial charge in [-0.05, 0) is 18.2 Å². The van der Waals surface area contributed by atoms with E-state index in [1.165, 1.54) is 0 Å². The van der Waals surface area contributed by atoms with Gasteiger partial charge in [0.15, 0.2) is 16.0 Å². The summed E-state index contributed by atoms with van der Waals surface area (Å²) in [5.74, 6) is -0.912. The lowest BCUT2D eigenvalue weighted by Crippen LogP contribution is -2.33. The van der Waals surface area contributed by atoms with E-state index in [-0.39, 0.29) is 44.9 Å². The number of rotatable bonds is 2. The maximum atomic E-state index is 14.6. The smallest absolute Gasteiger partial charge is 0.211 e. The average Bonchev–Trinajstić information content (AvgIpc) is 2.61. The zero-order valence-electron chi connectivity index (χ0n) is 14.4. The normalized spacial score (nSPS) is 15.4. The Morgan fingerprint density at radius 3 is 2.64 bits per heavy atom. The predicted octanol–water partition coefficient (Wildman–Crippen LogP) is 0.602. The van der Waals surface area contributed by atoms with Crippen molar-refractivity contribution in [2.24, 2.45) is 4.99 Å². The molecular weight excluding hydrogens is 387 g/mol. The van der Waals surface area contributed by atoms with Gasteiger partial charge in [0.05, 0.1) is 10.6 Å². The Balaban J connectivity index is 2.33. The van der Waals surface area contributed by atoms with E-state index in [2.05, 4.69) is 20.6 Å². The molecule has 0 amide bonds. The number of guanidine groups is 1. The van der Waals surface area contributed by atoms with Gasteiger partial charge in [0.25, 0.3) is 0 Å². The second-order valence-electron chi connectivity index (χ2n) is 5.86. The van der Waals surface area contributed by atoms with Crippen LogP contribution in [-0.2, 0) is 9.84 Å². The number of halogens is 1. The number of sulfone groups is 1. The Hall–Kier alpha value is -3.90. The molecule has 1 aromatic carbocycles. The van der Waals surface area contributed by atoms with Crippen LogP contribution >= 0.6 is 0 Å². The highest BCUT2D eigenvalue weighted by Crippen LogP contribution is 2.41. The maximum Gasteiger partial charge on any atom is 0.211 e. The van der Waals surface area contributed by atoms with Crippen molar-refractivity contribution in [3.05, 3.63) is 40.7 Å². The van der Waals surface area contributed by atoms with Crippen molar-refractivity contribution >= 4 is 33.1 Å². The number of nitrogens with zero attached hydrogens (tertiary/aromatic N) is 4. The molecule has 1 unspecified atom stereocenters. The molecule has 1 atom stereocenters. The first kappa shape index (κ1) is 18.9. The third kappa shape index (κ3) is 3.13. The number of hydrogen-bond donors (Lipinski definition) is 4. The molecule has 3 rings (SSSR count). The van der Waals surface area contributed by atoms with Crippen molar-refractivity contribution < 1.29 is 12.8 Å². The summed E-state index contributed by atoms with van der Waals surface area (Å²) in [6.07, 6.45) is 2.65. The lowest BCUT2D eigenvalue weighted by molar-refractivity contribution is 0.591. The molecule has 142 valence electrons. The van der Waals surface area contributed by atoms with Crippen LogP contribution in [0, 0.1) is 28.6 Å². The second kappa shape index (κ2) is 6.68. The average molecular weight is 400 g/mol. The molecule has 0 saturated carbocycles. The van der Waals surface area contributed by atoms with Crippen molar-refractivity contribution in [1.82, 2.24) is 10.3 Å². The Bertz CT molecular complexity index is 1210. The summed E-state index contributed by atoms with van der Waals surface area (Å²) in [6.45, 7) is 0. The van der Waals surface area contributed by atoms with Gasteiger partial charge < -0.3 is 16.8 Å². The van der Waals surface area contributed by atoms with Crippen LogP contribution in [0.2, 0.25) is 0 Å². The molecule has 28 heavy (non-hydrogen) atoms. The van der Waals surface area contributed by atoms with Crippen molar-refractivity contribution in [1.29, 1.82) is 10.5 Å². The van der Waals surface area contributed by atoms with E-state index in [4.69, 9.17) is 16.7 Å². The minimum atomic E-state index is -3.63. The monoisotopic (exact) mass is 400 g/mol. The van der Waals surface area contributed by atoms with Crippen LogP contribution in [0.3, 0.4) is 0 Å². The molecule has 0 saturated heterocycles. The number of anilines is 3. The summed E-state index contributed by atoms with van der Waals surface area (Å²) in [4.78, 5) is 8.12. The van der Waals surface area contributed by atoms with Crippen LogP contribution in [-0.4, -0.2) is 25.6 Å². The number of pyridine rings is 1. The van der Waals surface area contributed by atoms with E-state index in [1.807, 2.05) is 6.07 Å². The number of fused-ring (bicyclic) bond motifs is 1. The zero-order chi connectivity index (χ0) is 20.6. The number of hydrogen-bond acceptors (Lipinski definition) is 10.